The quantitative estimate of drug-likeness (QED) is 0.818. The Morgan fingerprint density at radius 1 is 1.28 bits per heavy atom. The minimum Gasteiger partial charge on any atom is -0.508 e. The number of carbonyl (C=O) groups excluding carboxylic acids is 1. The van der Waals surface area contributed by atoms with Crippen LogP contribution in [0.4, 0.5) is 0 Å². The van der Waals surface area contributed by atoms with Crippen molar-refractivity contribution in [3.63, 3.8) is 0 Å². The molecule has 2 rings (SSSR count). The van der Waals surface area contributed by atoms with Gasteiger partial charge in [-0.1, -0.05) is 30.3 Å². The van der Waals surface area contributed by atoms with Crippen molar-refractivity contribution in [1.82, 2.24) is 0 Å². The summed E-state index contributed by atoms with van der Waals surface area (Å²) in [7, 11) is 1.27. The molecule has 2 aromatic rings. The third-order valence-electron chi connectivity index (χ3n) is 2.71. The summed E-state index contributed by atoms with van der Waals surface area (Å²) in [5, 5.41) is 11.5. The van der Waals surface area contributed by atoms with Gasteiger partial charge in [0.1, 0.15) is 11.8 Å². The SMILES string of the molecule is COC(=O)[C@H](N)c1c(O)ccc2ccccc12.Cl. The van der Waals surface area contributed by atoms with E-state index in [2.05, 4.69) is 4.74 Å². The van der Waals surface area contributed by atoms with Gasteiger partial charge in [-0.2, -0.15) is 0 Å². The van der Waals surface area contributed by atoms with Crippen LogP contribution in [0.1, 0.15) is 11.6 Å². The Kier molecular flexibility index (Phi) is 4.53. The Labute approximate surface area is 111 Å². The van der Waals surface area contributed by atoms with Crippen molar-refractivity contribution in [2.45, 2.75) is 6.04 Å². The molecule has 0 aliphatic heterocycles. The van der Waals surface area contributed by atoms with Crippen LogP contribution in [0.25, 0.3) is 10.8 Å². The summed E-state index contributed by atoms with van der Waals surface area (Å²) in [5.74, 6) is -0.571. The predicted molar refractivity (Wildman–Crippen MR) is 71.8 cm³/mol. The van der Waals surface area contributed by atoms with Crippen LogP contribution < -0.4 is 5.73 Å². The Morgan fingerprint density at radius 2 is 1.94 bits per heavy atom. The van der Waals surface area contributed by atoms with Gasteiger partial charge in [-0.15, -0.1) is 12.4 Å². The first kappa shape index (κ1) is 14.3. The van der Waals surface area contributed by atoms with E-state index in [0.29, 0.717) is 5.56 Å². The van der Waals surface area contributed by atoms with E-state index in [1.54, 1.807) is 6.07 Å². The van der Waals surface area contributed by atoms with Crippen LogP contribution in [0, 0.1) is 0 Å². The first-order valence-electron chi connectivity index (χ1n) is 5.19. The summed E-state index contributed by atoms with van der Waals surface area (Å²) < 4.78 is 4.60. The van der Waals surface area contributed by atoms with Crippen molar-refractivity contribution >= 4 is 29.1 Å². The summed E-state index contributed by atoms with van der Waals surface area (Å²) >= 11 is 0. The second kappa shape index (κ2) is 5.71. The fraction of sp³-hybridized carbons (Fsp3) is 0.154. The van der Waals surface area contributed by atoms with Crippen molar-refractivity contribution in [1.29, 1.82) is 0 Å². The summed E-state index contributed by atoms with van der Waals surface area (Å²) in [5.41, 5.74) is 6.18. The molecular formula is C13H14ClNO3. The lowest BCUT2D eigenvalue weighted by Gasteiger charge is -2.14. The van der Waals surface area contributed by atoms with Crippen LogP contribution in [0.5, 0.6) is 5.75 Å². The Bertz CT molecular complexity index is 571. The van der Waals surface area contributed by atoms with Gasteiger partial charge in [-0.25, -0.2) is 0 Å². The number of methoxy groups -OCH3 is 1. The minimum atomic E-state index is -0.980. The monoisotopic (exact) mass is 267 g/mol. The highest BCUT2D eigenvalue weighted by molar-refractivity contribution is 5.92. The lowest BCUT2D eigenvalue weighted by Crippen LogP contribution is -2.22. The third kappa shape index (κ3) is 2.39. The average Bonchev–Trinajstić information content (AvgIpc) is 2.37. The number of phenolic OH excluding ortho intramolecular Hbond substituents is 1. The molecule has 18 heavy (non-hydrogen) atoms. The second-order valence-electron chi connectivity index (χ2n) is 3.72. The van der Waals surface area contributed by atoms with Crippen molar-refractivity contribution in [3.05, 3.63) is 42.0 Å². The van der Waals surface area contributed by atoms with Crippen molar-refractivity contribution in [3.8, 4) is 5.75 Å². The zero-order chi connectivity index (χ0) is 12.4. The van der Waals surface area contributed by atoms with E-state index in [4.69, 9.17) is 5.73 Å². The van der Waals surface area contributed by atoms with E-state index < -0.39 is 12.0 Å². The molecule has 0 fully saturated rings. The Balaban J connectivity index is 0.00000162. The molecule has 0 saturated heterocycles. The van der Waals surface area contributed by atoms with Gasteiger partial charge >= 0.3 is 5.97 Å². The highest BCUT2D eigenvalue weighted by Crippen LogP contribution is 2.31. The van der Waals surface area contributed by atoms with E-state index in [1.807, 2.05) is 24.3 Å². The molecule has 0 amide bonds. The van der Waals surface area contributed by atoms with Gasteiger partial charge in [0.15, 0.2) is 0 Å². The number of hydrogen-bond acceptors (Lipinski definition) is 4. The number of nitrogens with two attached hydrogens (primary N) is 1. The lowest BCUT2D eigenvalue weighted by atomic mass is 9.98. The number of aromatic hydroxyl groups is 1. The topological polar surface area (TPSA) is 72.5 Å². The number of benzene rings is 2. The molecule has 4 nitrogen and oxygen atoms in total. The summed E-state index contributed by atoms with van der Waals surface area (Å²) in [4.78, 5) is 11.4. The van der Waals surface area contributed by atoms with Crippen LogP contribution in [-0.4, -0.2) is 18.2 Å². The highest BCUT2D eigenvalue weighted by atomic mass is 35.5. The summed E-state index contributed by atoms with van der Waals surface area (Å²) in [6.45, 7) is 0. The number of rotatable bonds is 2. The molecule has 1 atom stereocenters. The maximum Gasteiger partial charge on any atom is 0.327 e. The summed E-state index contributed by atoms with van der Waals surface area (Å²) in [6.07, 6.45) is 0. The molecule has 0 radical (unpaired) electrons. The van der Waals surface area contributed by atoms with E-state index in [9.17, 15) is 9.90 Å². The van der Waals surface area contributed by atoms with Crippen molar-refractivity contribution in [2.75, 3.05) is 7.11 Å². The van der Waals surface area contributed by atoms with Crippen LogP contribution in [0.2, 0.25) is 0 Å². The van der Waals surface area contributed by atoms with Crippen LogP contribution in [-0.2, 0) is 9.53 Å². The smallest absolute Gasteiger partial charge is 0.327 e. The maximum atomic E-state index is 11.4. The largest absolute Gasteiger partial charge is 0.508 e. The van der Waals surface area contributed by atoms with Crippen LogP contribution >= 0.6 is 12.4 Å². The summed E-state index contributed by atoms with van der Waals surface area (Å²) in [6, 6.07) is 9.74. The zero-order valence-corrected chi connectivity index (χ0v) is 10.6. The molecule has 0 bridgehead atoms. The van der Waals surface area contributed by atoms with Crippen LogP contribution in [0.15, 0.2) is 36.4 Å². The minimum absolute atomic E-state index is 0. The van der Waals surface area contributed by atoms with Gasteiger partial charge < -0.3 is 15.6 Å². The van der Waals surface area contributed by atoms with E-state index in [1.165, 1.54) is 13.2 Å². The number of halogens is 1. The Hall–Kier alpha value is -1.78. The second-order valence-corrected chi connectivity index (χ2v) is 3.72. The van der Waals surface area contributed by atoms with Gasteiger partial charge in [0.2, 0.25) is 0 Å². The number of fused-ring (bicyclic) bond motifs is 1. The molecule has 5 heteroatoms. The molecule has 3 N–H and O–H groups in total. The number of esters is 1. The standard InChI is InChI=1S/C13H13NO3.ClH/c1-17-13(16)12(14)11-9-5-3-2-4-8(9)6-7-10(11)15;/h2-7,12,15H,14H2,1H3;1H/t12-;/m1./s1. The van der Waals surface area contributed by atoms with Crippen molar-refractivity contribution < 1.29 is 14.6 Å². The molecule has 0 aliphatic carbocycles. The van der Waals surface area contributed by atoms with Gasteiger partial charge in [0.25, 0.3) is 0 Å². The molecule has 0 heterocycles. The predicted octanol–water partition coefficient (Wildman–Crippen LogP) is 2.14. The number of phenols is 1. The fourth-order valence-electron chi connectivity index (χ4n) is 1.86. The molecule has 2 aromatic carbocycles. The van der Waals surface area contributed by atoms with Gasteiger partial charge in [-0.05, 0) is 16.8 Å². The van der Waals surface area contributed by atoms with Crippen LogP contribution in [0.3, 0.4) is 0 Å². The molecule has 0 aromatic heterocycles. The molecule has 0 spiro atoms. The number of carbonyl (C=O) groups is 1. The molecule has 0 saturated carbocycles. The molecular weight excluding hydrogens is 254 g/mol. The van der Waals surface area contributed by atoms with E-state index in [0.717, 1.165) is 10.8 Å². The number of ether oxygens (including phenoxy) is 1. The first-order valence-corrected chi connectivity index (χ1v) is 5.19. The van der Waals surface area contributed by atoms with Gasteiger partial charge in [0.05, 0.1) is 7.11 Å². The zero-order valence-electron chi connectivity index (χ0n) is 9.79. The first-order chi connectivity index (χ1) is 8.15. The maximum absolute atomic E-state index is 11.4. The normalized spacial score (nSPS) is 11.7. The third-order valence-corrected chi connectivity index (χ3v) is 2.71. The van der Waals surface area contributed by atoms with Gasteiger partial charge in [0, 0.05) is 5.56 Å². The lowest BCUT2D eigenvalue weighted by molar-refractivity contribution is -0.142. The Morgan fingerprint density at radius 3 is 2.61 bits per heavy atom. The van der Waals surface area contributed by atoms with Crippen molar-refractivity contribution in [2.24, 2.45) is 5.73 Å². The van der Waals surface area contributed by atoms with E-state index in [-0.39, 0.29) is 18.2 Å². The number of hydrogen-bond donors (Lipinski definition) is 2. The molecule has 0 aliphatic rings. The molecule has 96 valence electrons. The fourth-order valence-corrected chi connectivity index (χ4v) is 1.86. The molecule has 0 unspecified atom stereocenters. The average molecular weight is 268 g/mol. The van der Waals surface area contributed by atoms with E-state index >= 15 is 0 Å². The highest BCUT2D eigenvalue weighted by Gasteiger charge is 2.21. The van der Waals surface area contributed by atoms with Gasteiger partial charge in [-0.3, -0.25) is 4.79 Å².